The second-order valence-electron chi connectivity index (χ2n) is 6.96. The molecule has 2 aliphatic heterocycles. The van der Waals surface area contributed by atoms with Gasteiger partial charge >= 0.3 is 0 Å². The number of hydrogen-bond donors (Lipinski definition) is 0. The van der Waals surface area contributed by atoms with Gasteiger partial charge in [-0.25, -0.2) is 9.96 Å². The highest BCUT2D eigenvalue weighted by Gasteiger charge is 2.60. The number of nitro benzene ring substituents is 1. The number of benzene rings is 2. The van der Waals surface area contributed by atoms with Gasteiger partial charge in [0.2, 0.25) is 5.91 Å². The Morgan fingerprint density at radius 1 is 0.933 bits per heavy atom. The fourth-order valence-electron chi connectivity index (χ4n) is 3.96. The molecule has 3 aromatic rings. The summed E-state index contributed by atoms with van der Waals surface area (Å²) in [5, 5.41) is 14.7. The standard InChI is InChI=1S/C21H15N3O5S/c25-20-17-18(16-10-5-11-30-16)23(13-6-2-1-3-7-13)29-19(17)21(26)22(20)14-8-4-9-15(12-14)24(27)28/h1-12,17-19H/t17-,18-,19-/m0/s1. The molecule has 2 fully saturated rings. The Bertz CT molecular complexity index is 1130. The number of carbonyl (C=O) groups excluding carboxylic acids is 2. The van der Waals surface area contributed by atoms with Gasteiger partial charge in [-0.15, -0.1) is 11.3 Å². The quantitative estimate of drug-likeness (QED) is 0.362. The summed E-state index contributed by atoms with van der Waals surface area (Å²) in [5.74, 6) is -1.71. The minimum absolute atomic E-state index is 0.174. The maximum absolute atomic E-state index is 13.4. The minimum atomic E-state index is -0.996. The Morgan fingerprint density at radius 3 is 2.40 bits per heavy atom. The largest absolute Gasteiger partial charge is 0.273 e. The average Bonchev–Trinajstić information content (AvgIpc) is 3.46. The van der Waals surface area contributed by atoms with Crippen molar-refractivity contribution in [1.82, 2.24) is 0 Å². The predicted molar refractivity (Wildman–Crippen MR) is 110 cm³/mol. The van der Waals surface area contributed by atoms with Crippen molar-refractivity contribution in [2.45, 2.75) is 12.1 Å². The van der Waals surface area contributed by atoms with Gasteiger partial charge in [-0.2, -0.15) is 0 Å². The van der Waals surface area contributed by atoms with Crippen molar-refractivity contribution >= 4 is 40.2 Å². The molecule has 150 valence electrons. The molecule has 8 nitrogen and oxygen atoms in total. The maximum atomic E-state index is 13.4. The van der Waals surface area contributed by atoms with Crippen LogP contribution in [0.1, 0.15) is 10.9 Å². The Kier molecular flexibility index (Phi) is 4.34. The van der Waals surface area contributed by atoms with E-state index in [2.05, 4.69) is 0 Å². The molecular formula is C21H15N3O5S. The summed E-state index contributed by atoms with van der Waals surface area (Å²) in [6.07, 6.45) is -0.996. The van der Waals surface area contributed by atoms with Gasteiger partial charge in [0.15, 0.2) is 6.10 Å². The van der Waals surface area contributed by atoms with Crippen molar-refractivity contribution in [3.63, 3.8) is 0 Å². The molecule has 0 saturated carbocycles. The molecule has 3 heterocycles. The van der Waals surface area contributed by atoms with E-state index in [-0.39, 0.29) is 11.4 Å². The summed E-state index contributed by atoms with van der Waals surface area (Å²) in [6, 6.07) is 18.1. The summed E-state index contributed by atoms with van der Waals surface area (Å²) in [6.45, 7) is 0. The van der Waals surface area contributed by atoms with E-state index in [0.717, 1.165) is 15.5 Å². The highest BCUT2D eigenvalue weighted by atomic mass is 32.1. The van der Waals surface area contributed by atoms with E-state index in [4.69, 9.17) is 4.84 Å². The zero-order chi connectivity index (χ0) is 20.8. The smallest absolute Gasteiger partial charge is 0.271 e. The van der Waals surface area contributed by atoms with E-state index in [9.17, 15) is 19.7 Å². The summed E-state index contributed by atoms with van der Waals surface area (Å²) >= 11 is 1.48. The van der Waals surface area contributed by atoms with Gasteiger partial charge in [0, 0.05) is 17.0 Å². The third kappa shape index (κ3) is 2.78. The molecule has 2 aromatic carbocycles. The Balaban J connectivity index is 1.56. The highest BCUT2D eigenvalue weighted by Crippen LogP contribution is 2.48. The number of nitrogens with zero attached hydrogens (tertiary/aromatic N) is 3. The van der Waals surface area contributed by atoms with E-state index < -0.39 is 34.8 Å². The summed E-state index contributed by atoms with van der Waals surface area (Å²) in [7, 11) is 0. The highest BCUT2D eigenvalue weighted by molar-refractivity contribution is 7.10. The molecular weight excluding hydrogens is 406 g/mol. The number of imide groups is 1. The van der Waals surface area contributed by atoms with Gasteiger partial charge in [0.25, 0.3) is 11.6 Å². The first-order chi connectivity index (χ1) is 14.6. The van der Waals surface area contributed by atoms with E-state index in [0.29, 0.717) is 0 Å². The van der Waals surface area contributed by atoms with Crippen LogP contribution in [0.2, 0.25) is 0 Å². The average molecular weight is 421 g/mol. The molecule has 0 N–H and O–H groups in total. The second-order valence-corrected chi connectivity index (χ2v) is 7.94. The Hall–Kier alpha value is -3.56. The molecule has 2 saturated heterocycles. The van der Waals surface area contributed by atoms with Crippen LogP contribution in [0.4, 0.5) is 17.1 Å². The molecule has 0 spiro atoms. The molecule has 2 amide bonds. The van der Waals surface area contributed by atoms with Crippen molar-refractivity contribution in [3.05, 3.63) is 87.1 Å². The SMILES string of the molecule is O=C1[C@@H]2[C@H](ON(c3ccccc3)[C@H]2c2cccs2)C(=O)N1c1cccc([N+](=O)[O-])c1. The van der Waals surface area contributed by atoms with E-state index in [1.54, 1.807) is 5.06 Å². The lowest BCUT2D eigenvalue weighted by Gasteiger charge is -2.27. The van der Waals surface area contributed by atoms with E-state index >= 15 is 0 Å². The van der Waals surface area contributed by atoms with Crippen LogP contribution in [0.5, 0.6) is 0 Å². The maximum Gasteiger partial charge on any atom is 0.271 e. The van der Waals surface area contributed by atoms with Crippen molar-refractivity contribution in [2.75, 3.05) is 9.96 Å². The van der Waals surface area contributed by atoms with Gasteiger partial charge in [-0.1, -0.05) is 30.3 Å². The molecule has 2 aliphatic rings. The number of para-hydroxylation sites is 1. The van der Waals surface area contributed by atoms with Crippen LogP contribution >= 0.6 is 11.3 Å². The molecule has 0 unspecified atom stereocenters. The first-order valence-corrected chi connectivity index (χ1v) is 10.1. The molecule has 0 radical (unpaired) electrons. The molecule has 30 heavy (non-hydrogen) atoms. The van der Waals surface area contributed by atoms with Gasteiger partial charge in [-0.05, 0) is 29.6 Å². The van der Waals surface area contributed by atoms with E-state index in [1.165, 1.54) is 35.6 Å². The van der Waals surface area contributed by atoms with Gasteiger partial charge in [-0.3, -0.25) is 24.5 Å². The van der Waals surface area contributed by atoms with Gasteiger partial charge in [0.1, 0.15) is 12.0 Å². The van der Waals surface area contributed by atoms with Crippen molar-refractivity contribution in [2.24, 2.45) is 5.92 Å². The number of amides is 2. The summed E-state index contributed by atoms with van der Waals surface area (Å²) in [4.78, 5) is 45.0. The zero-order valence-corrected chi connectivity index (χ0v) is 16.3. The van der Waals surface area contributed by atoms with Crippen molar-refractivity contribution in [3.8, 4) is 0 Å². The second kappa shape index (κ2) is 7.05. The molecule has 9 heteroatoms. The Labute approximate surface area is 175 Å². The molecule has 0 aliphatic carbocycles. The summed E-state index contributed by atoms with van der Waals surface area (Å²) < 4.78 is 0. The third-order valence-electron chi connectivity index (χ3n) is 5.26. The molecule has 1 aromatic heterocycles. The molecule has 3 atom stereocenters. The fourth-order valence-corrected chi connectivity index (χ4v) is 4.81. The monoisotopic (exact) mass is 421 g/mol. The summed E-state index contributed by atoms with van der Waals surface area (Å²) in [5.41, 5.74) is 0.730. The lowest BCUT2D eigenvalue weighted by atomic mass is 9.95. The molecule has 5 rings (SSSR count). The van der Waals surface area contributed by atoms with Crippen LogP contribution in [0, 0.1) is 16.0 Å². The van der Waals surface area contributed by atoms with Crippen LogP contribution < -0.4 is 9.96 Å². The number of non-ortho nitro benzene ring substituents is 1. The number of hydroxylamine groups is 1. The lowest BCUT2D eigenvalue weighted by Crippen LogP contribution is -2.37. The number of anilines is 2. The normalized spacial score (nSPS) is 23.1. The predicted octanol–water partition coefficient (Wildman–Crippen LogP) is 3.71. The van der Waals surface area contributed by atoms with Gasteiger partial charge in [0.05, 0.1) is 16.3 Å². The zero-order valence-electron chi connectivity index (χ0n) is 15.5. The number of rotatable bonds is 4. The van der Waals surface area contributed by atoms with Crippen LogP contribution in [0.25, 0.3) is 0 Å². The van der Waals surface area contributed by atoms with E-state index in [1.807, 2.05) is 47.8 Å². The first-order valence-electron chi connectivity index (χ1n) is 9.23. The van der Waals surface area contributed by atoms with Gasteiger partial charge < -0.3 is 0 Å². The van der Waals surface area contributed by atoms with Crippen LogP contribution in [-0.4, -0.2) is 22.8 Å². The number of carbonyl (C=O) groups is 2. The van der Waals surface area contributed by atoms with Crippen LogP contribution in [0.3, 0.4) is 0 Å². The number of hydrogen-bond acceptors (Lipinski definition) is 7. The van der Waals surface area contributed by atoms with Crippen molar-refractivity contribution < 1.29 is 19.3 Å². The third-order valence-corrected chi connectivity index (χ3v) is 6.20. The fraction of sp³-hybridized carbons (Fsp3) is 0.143. The number of thiophene rings is 1. The first kappa shape index (κ1) is 18.5. The Morgan fingerprint density at radius 2 is 1.70 bits per heavy atom. The molecule has 0 bridgehead atoms. The van der Waals surface area contributed by atoms with Crippen LogP contribution in [0.15, 0.2) is 72.1 Å². The van der Waals surface area contributed by atoms with Crippen LogP contribution in [-0.2, 0) is 14.4 Å². The number of fused-ring (bicyclic) bond motifs is 1. The number of nitro groups is 1. The lowest BCUT2D eigenvalue weighted by molar-refractivity contribution is -0.384. The topological polar surface area (TPSA) is 93.0 Å². The van der Waals surface area contributed by atoms with Crippen molar-refractivity contribution in [1.29, 1.82) is 0 Å². The minimum Gasteiger partial charge on any atom is -0.273 e.